The van der Waals surface area contributed by atoms with Crippen LogP contribution in [-0.4, -0.2) is 48.6 Å². The largest absolute Gasteiger partial charge is 0.373 e. The van der Waals surface area contributed by atoms with Crippen molar-refractivity contribution < 1.29 is 0 Å². The minimum absolute atomic E-state index is 0.372. The van der Waals surface area contributed by atoms with Gasteiger partial charge >= 0.3 is 0 Å². The van der Waals surface area contributed by atoms with E-state index in [1.807, 2.05) is 13.1 Å². The molecule has 0 spiro atoms. The summed E-state index contributed by atoms with van der Waals surface area (Å²) in [5.41, 5.74) is 0.372. The Morgan fingerprint density at radius 1 is 1.28 bits per heavy atom. The highest BCUT2D eigenvalue weighted by atomic mass is 15.1. The third kappa shape index (κ3) is 3.32. The highest BCUT2D eigenvalue weighted by Crippen LogP contribution is 2.30. The summed E-state index contributed by atoms with van der Waals surface area (Å²) in [6.07, 6.45) is 4.06. The van der Waals surface area contributed by atoms with Crippen LogP contribution in [0.2, 0.25) is 0 Å². The molecule has 2 N–H and O–H groups in total. The van der Waals surface area contributed by atoms with Crippen molar-refractivity contribution in [3.05, 3.63) is 12.4 Å². The van der Waals surface area contributed by atoms with Gasteiger partial charge in [-0.3, -0.25) is 0 Å². The molecule has 0 aromatic carbocycles. The lowest BCUT2D eigenvalue weighted by Gasteiger charge is -2.38. The molecule has 1 aromatic heterocycles. The molecule has 18 heavy (non-hydrogen) atoms. The Bertz CT molecular complexity index is 385. The lowest BCUT2D eigenvalue weighted by Crippen LogP contribution is -2.40. The zero-order valence-electron chi connectivity index (χ0n) is 11.5. The second kappa shape index (κ2) is 5.52. The van der Waals surface area contributed by atoms with E-state index in [2.05, 4.69) is 39.5 Å². The minimum atomic E-state index is 0.372. The molecule has 0 radical (unpaired) electrons. The van der Waals surface area contributed by atoms with E-state index in [0.717, 1.165) is 18.2 Å². The zero-order chi connectivity index (χ0) is 13.0. The quantitative estimate of drug-likeness (QED) is 0.850. The van der Waals surface area contributed by atoms with Crippen molar-refractivity contribution in [2.45, 2.75) is 19.8 Å². The Hall–Kier alpha value is -1.36. The molecule has 2 rings (SSSR count). The van der Waals surface area contributed by atoms with Crippen molar-refractivity contribution in [2.75, 3.05) is 44.4 Å². The van der Waals surface area contributed by atoms with E-state index in [0.29, 0.717) is 5.41 Å². The van der Waals surface area contributed by atoms with Gasteiger partial charge in [0.05, 0.1) is 0 Å². The van der Waals surface area contributed by atoms with Crippen LogP contribution in [0.3, 0.4) is 0 Å². The maximum absolute atomic E-state index is 4.25. The molecule has 2 heterocycles. The molecule has 1 saturated heterocycles. The average Bonchev–Trinajstić information content (AvgIpc) is 2.41. The van der Waals surface area contributed by atoms with Crippen molar-refractivity contribution in [1.29, 1.82) is 0 Å². The molecule has 1 aliphatic heterocycles. The van der Waals surface area contributed by atoms with Crippen molar-refractivity contribution in [2.24, 2.45) is 5.41 Å². The molecule has 0 atom stereocenters. The minimum Gasteiger partial charge on any atom is -0.373 e. The second-order valence-corrected chi connectivity index (χ2v) is 5.51. The molecule has 1 aromatic rings. The van der Waals surface area contributed by atoms with Gasteiger partial charge in [-0.25, -0.2) is 9.97 Å². The maximum Gasteiger partial charge on any atom is 0.131 e. The summed E-state index contributed by atoms with van der Waals surface area (Å²) >= 11 is 0. The van der Waals surface area contributed by atoms with E-state index in [4.69, 9.17) is 0 Å². The van der Waals surface area contributed by atoms with Crippen LogP contribution in [0.15, 0.2) is 12.4 Å². The molecule has 0 amide bonds. The maximum atomic E-state index is 4.25. The molecule has 100 valence electrons. The van der Waals surface area contributed by atoms with Crippen LogP contribution < -0.4 is 10.6 Å². The van der Waals surface area contributed by atoms with Gasteiger partial charge in [-0.1, -0.05) is 6.92 Å². The number of rotatable bonds is 4. The summed E-state index contributed by atoms with van der Waals surface area (Å²) in [5, 5.41) is 6.46. The van der Waals surface area contributed by atoms with Gasteiger partial charge in [0.1, 0.15) is 18.0 Å². The molecule has 1 aliphatic rings. The summed E-state index contributed by atoms with van der Waals surface area (Å²) in [4.78, 5) is 10.8. The number of hydrogen-bond donors (Lipinski definition) is 2. The first-order chi connectivity index (χ1) is 8.61. The SMILES string of the molecule is CNc1cc(NCC2(C)CCN(C)CC2)ncn1. The fraction of sp³-hybridized carbons (Fsp3) is 0.692. The number of anilines is 2. The Kier molecular flexibility index (Phi) is 4.01. The van der Waals surface area contributed by atoms with E-state index < -0.39 is 0 Å². The summed E-state index contributed by atoms with van der Waals surface area (Å²) in [7, 11) is 4.06. The molecular weight excluding hydrogens is 226 g/mol. The van der Waals surface area contributed by atoms with Gasteiger partial charge in [-0.2, -0.15) is 0 Å². The van der Waals surface area contributed by atoms with Gasteiger partial charge < -0.3 is 15.5 Å². The molecule has 0 bridgehead atoms. The highest BCUT2D eigenvalue weighted by Gasteiger charge is 2.28. The lowest BCUT2D eigenvalue weighted by molar-refractivity contribution is 0.150. The van der Waals surface area contributed by atoms with Crippen molar-refractivity contribution in [3.8, 4) is 0 Å². The molecule has 0 unspecified atom stereocenters. The fourth-order valence-electron chi connectivity index (χ4n) is 2.23. The Labute approximate surface area is 109 Å². The van der Waals surface area contributed by atoms with Crippen molar-refractivity contribution >= 4 is 11.6 Å². The first-order valence-corrected chi connectivity index (χ1v) is 6.53. The second-order valence-electron chi connectivity index (χ2n) is 5.51. The van der Waals surface area contributed by atoms with Crippen LogP contribution in [0.4, 0.5) is 11.6 Å². The summed E-state index contributed by atoms with van der Waals surface area (Å²) in [5.74, 6) is 1.75. The molecule has 5 nitrogen and oxygen atoms in total. The molecule has 1 fully saturated rings. The Morgan fingerprint density at radius 3 is 2.61 bits per heavy atom. The number of piperidine rings is 1. The number of nitrogens with zero attached hydrogens (tertiary/aromatic N) is 3. The molecule has 0 saturated carbocycles. The topological polar surface area (TPSA) is 53.1 Å². The van der Waals surface area contributed by atoms with E-state index in [1.165, 1.54) is 25.9 Å². The molecule has 5 heteroatoms. The monoisotopic (exact) mass is 249 g/mol. The predicted octanol–water partition coefficient (Wildman–Crippen LogP) is 1.66. The number of hydrogen-bond acceptors (Lipinski definition) is 5. The van der Waals surface area contributed by atoms with Gasteiger partial charge in [0.15, 0.2) is 0 Å². The van der Waals surface area contributed by atoms with Gasteiger partial charge in [-0.15, -0.1) is 0 Å². The van der Waals surface area contributed by atoms with Crippen LogP contribution in [0, 0.1) is 5.41 Å². The lowest BCUT2D eigenvalue weighted by atomic mass is 9.80. The number of aromatic nitrogens is 2. The number of likely N-dealkylation sites (tertiary alicyclic amines) is 1. The summed E-state index contributed by atoms with van der Waals surface area (Å²) in [6, 6.07) is 1.94. The highest BCUT2D eigenvalue weighted by molar-refractivity contribution is 5.46. The predicted molar refractivity (Wildman–Crippen MR) is 74.9 cm³/mol. The van der Waals surface area contributed by atoms with Crippen LogP contribution >= 0.6 is 0 Å². The van der Waals surface area contributed by atoms with Gasteiger partial charge in [0.2, 0.25) is 0 Å². The first-order valence-electron chi connectivity index (χ1n) is 6.53. The van der Waals surface area contributed by atoms with Crippen LogP contribution in [-0.2, 0) is 0 Å². The molecular formula is C13H23N5. The van der Waals surface area contributed by atoms with Crippen molar-refractivity contribution in [1.82, 2.24) is 14.9 Å². The zero-order valence-corrected chi connectivity index (χ0v) is 11.5. The fourth-order valence-corrected chi connectivity index (χ4v) is 2.23. The van der Waals surface area contributed by atoms with Crippen LogP contribution in [0.1, 0.15) is 19.8 Å². The standard InChI is InChI=1S/C13H23N5/c1-13(4-6-18(3)7-5-13)9-15-12-8-11(14-2)16-10-17-12/h8,10H,4-7,9H2,1-3H3,(H2,14,15,16,17). The van der Waals surface area contributed by atoms with Gasteiger partial charge in [-0.05, 0) is 38.4 Å². The van der Waals surface area contributed by atoms with E-state index in [9.17, 15) is 0 Å². The van der Waals surface area contributed by atoms with E-state index in [-0.39, 0.29) is 0 Å². The first kappa shape index (κ1) is 13.1. The number of nitrogens with one attached hydrogen (secondary N) is 2. The summed E-state index contributed by atoms with van der Waals surface area (Å²) in [6.45, 7) is 5.70. The van der Waals surface area contributed by atoms with Crippen LogP contribution in [0.5, 0.6) is 0 Å². The third-order valence-corrected chi connectivity index (χ3v) is 3.81. The molecule has 0 aliphatic carbocycles. The van der Waals surface area contributed by atoms with Gasteiger partial charge in [0.25, 0.3) is 0 Å². The van der Waals surface area contributed by atoms with Crippen LogP contribution in [0.25, 0.3) is 0 Å². The van der Waals surface area contributed by atoms with E-state index >= 15 is 0 Å². The Balaban J connectivity index is 1.90. The summed E-state index contributed by atoms with van der Waals surface area (Å²) < 4.78 is 0. The smallest absolute Gasteiger partial charge is 0.131 e. The Morgan fingerprint density at radius 2 is 1.94 bits per heavy atom. The third-order valence-electron chi connectivity index (χ3n) is 3.81. The average molecular weight is 249 g/mol. The normalized spacial score (nSPS) is 19.5. The van der Waals surface area contributed by atoms with Gasteiger partial charge in [0, 0.05) is 19.7 Å². The van der Waals surface area contributed by atoms with Crippen molar-refractivity contribution in [3.63, 3.8) is 0 Å². The van der Waals surface area contributed by atoms with E-state index in [1.54, 1.807) is 6.33 Å².